The molecule has 104 valence electrons. The molecule has 1 N–H and O–H groups in total. The molecule has 0 bridgehead atoms. The molecule has 0 spiro atoms. The molecule has 0 radical (unpaired) electrons. The Labute approximate surface area is 110 Å². The van der Waals surface area contributed by atoms with Gasteiger partial charge in [-0.2, -0.15) is 0 Å². The van der Waals surface area contributed by atoms with Crippen LogP contribution in [0.25, 0.3) is 0 Å². The molecule has 1 aliphatic heterocycles. The lowest BCUT2D eigenvalue weighted by Gasteiger charge is -2.34. The molecular formula is C13H16F2N2O2. The zero-order valence-electron chi connectivity index (χ0n) is 10.5. The molecule has 1 heterocycles. The minimum Gasteiger partial charge on any atom is -0.395 e. The fourth-order valence-electron chi connectivity index (χ4n) is 2.18. The first-order valence-corrected chi connectivity index (χ1v) is 6.20. The van der Waals surface area contributed by atoms with Crippen LogP contribution < -0.4 is 0 Å². The summed E-state index contributed by atoms with van der Waals surface area (Å²) in [4.78, 5) is 15.5. The molecule has 0 saturated carbocycles. The molecule has 0 unspecified atom stereocenters. The van der Waals surface area contributed by atoms with Gasteiger partial charge in [-0.25, -0.2) is 8.78 Å². The second-order valence-corrected chi connectivity index (χ2v) is 4.45. The monoisotopic (exact) mass is 270 g/mol. The second kappa shape index (κ2) is 6.08. The molecule has 1 aromatic carbocycles. The summed E-state index contributed by atoms with van der Waals surface area (Å²) in [5, 5.41) is 8.82. The summed E-state index contributed by atoms with van der Waals surface area (Å²) in [5.74, 6) is -2.27. The predicted molar refractivity (Wildman–Crippen MR) is 65.8 cm³/mol. The van der Waals surface area contributed by atoms with E-state index in [2.05, 4.69) is 0 Å². The van der Waals surface area contributed by atoms with Gasteiger partial charge >= 0.3 is 0 Å². The van der Waals surface area contributed by atoms with Gasteiger partial charge in [0.25, 0.3) is 5.91 Å². The Morgan fingerprint density at radius 2 is 1.74 bits per heavy atom. The van der Waals surface area contributed by atoms with E-state index in [0.717, 1.165) is 12.1 Å². The number of carbonyl (C=O) groups excluding carboxylic acids is 1. The molecule has 0 aliphatic carbocycles. The first kappa shape index (κ1) is 13.9. The van der Waals surface area contributed by atoms with Gasteiger partial charge in [0, 0.05) is 32.7 Å². The fraction of sp³-hybridized carbons (Fsp3) is 0.462. The lowest BCUT2D eigenvalue weighted by atomic mass is 10.1. The van der Waals surface area contributed by atoms with E-state index in [1.165, 1.54) is 11.0 Å². The van der Waals surface area contributed by atoms with Crippen molar-refractivity contribution in [3.63, 3.8) is 0 Å². The Morgan fingerprint density at radius 1 is 1.16 bits per heavy atom. The zero-order chi connectivity index (χ0) is 13.8. The Morgan fingerprint density at radius 3 is 2.26 bits per heavy atom. The Bertz CT molecular complexity index is 440. The van der Waals surface area contributed by atoms with Crippen molar-refractivity contribution in [2.75, 3.05) is 39.3 Å². The lowest BCUT2D eigenvalue weighted by Crippen LogP contribution is -2.49. The van der Waals surface area contributed by atoms with Gasteiger partial charge in [-0.1, -0.05) is 6.07 Å². The van der Waals surface area contributed by atoms with Crippen LogP contribution in [-0.2, 0) is 0 Å². The van der Waals surface area contributed by atoms with Crippen molar-refractivity contribution in [1.29, 1.82) is 0 Å². The van der Waals surface area contributed by atoms with Crippen LogP contribution in [0.1, 0.15) is 10.4 Å². The van der Waals surface area contributed by atoms with Crippen molar-refractivity contribution in [2.24, 2.45) is 0 Å². The summed E-state index contributed by atoms with van der Waals surface area (Å²) < 4.78 is 27.0. The number of carbonyl (C=O) groups is 1. The summed E-state index contributed by atoms with van der Waals surface area (Å²) in [6.45, 7) is 2.63. The molecule has 2 rings (SSSR count). The van der Waals surface area contributed by atoms with Gasteiger partial charge in [0.1, 0.15) is 17.2 Å². The quantitative estimate of drug-likeness (QED) is 0.880. The van der Waals surface area contributed by atoms with Crippen LogP contribution in [0.5, 0.6) is 0 Å². The highest BCUT2D eigenvalue weighted by molar-refractivity contribution is 5.94. The number of hydrogen-bond donors (Lipinski definition) is 1. The van der Waals surface area contributed by atoms with Crippen LogP contribution >= 0.6 is 0 Å². The molecule has 0 aromatic heterocycles. The van der Waals surface area contributed by atoms with Gasteiger partial charge in [0.05, 0.1) is 6.61 Å². The Hall–Kier alpha value is -1.53. The second-order valence-electron chi connectivity index (χ2n) is 4.45. The first-order valence-electron chi connectivity index (χ1n) is 6.20. The van der Waals surface area contributed by atoms with Gasteiger partial charge < -0.3 is 10.0 Å². The maximum Gasteiger partial charge on any atom is 0.259 e. The van der Waals surface area contributed by atoms with Crippen LogP contribution in [0.2, 0.25) is 0 Å². The van der Waals surface area contributed by atoms with Crippen molar-refractivity contribution in [2.45, 2.75) is 0 Å². The highest BCUT2D eigenvalue weighted by atomic mass is 19.1. The predicted octanol–water partition coefficient (Wildman–Crippen LogP) is 0.715. The third-order valence-electron chi connectivity index (χ3n) is 3.25. The van der Waals surface area contributed by atoms with Crippen molar-refractivity contribution in [1.82, 2.24) is 9.80 Å². The van der Waals surface area contributed by atoms with Gasteiger partial charge in [-0.15, -0.1) is 0 Å². The average molecular weight is 270 g/mol. The van der Waals surface area contributed by atoms with Crippen molar-refractivity contribution < 1.29 is 18.7 Å². The van der Waals surface area contributed by atoms with E-state index in [-0.39, 0.29) is 6.61 Å². The van der Waals surface area contributed by atoms with Gasteiger partial charge in [0.2, 0.25) is 0 Å². The smallest absolute Gasteiger partial charge is 0.259 e. The zero-order valence-corrected chi connectivity index (χ0v) is 10.5. The number of hydrogen-bond acceptors (Lipinski definition) is 3. The largest absolute Gasteiger partial charge is 0.395 e. The summed E-state index contributed by atoms with van der Waals surface area (Å²) in [6, 6.07) is 3.40. The molecule has 1 amide bonds. The van der Waals surface area contributed by atoms with Crippen LogP contribution in [0.4, 0.5) is 8.78 Å². The number of amides is 1. The van der Waals surface area contributed by atoms with E-state index in [1.807, 2.05) is 4.90 Å². The summed E-state index contributed by atoms with van der Waals surface area (Å²) in [7, 11) is 0. The molecule has 4 nitrogen and oxygen atoms in total. The Balaban J connectivity index is 2.05. The summed E-state index contributed by atoms with van der Waals surface area (Å²) in [5.41, 5.74) is -0.488. The van der Waals surface area contributed by atoms with E-state index in [4.69, 9.17) is 5.11 Å². The molecule has 1 aromatic rings. The number of piperazine rings is 1. The number of benzene rings is 1. The van der Waals surface area contributed by atoms with E-state index in [0.29, 0.717) is 32.7 Å². The van der Waals surface area contributed by atoms with E-state index in [9.17, 15) is 13.6 Å². The van der Waals surface area contributed by atoms with Gasteiger partial charge in [-0.3, -0.25) is 9.69 Å². The number of β-amino-alcohol motifs (C(OH)–C–C–N with tert-alkyl or cyclic N) is 1. The standard InChI is InChI=1S/C13H16F2N2O2/c14-10-2-1-3-11(15)12(10)13(19)17-6-4-16(5-7-17)8-9-18/h1-3,18H,4-9H2. The summed E-state index contributed by atoms with van der Waals surface area (Å²) >= 11 is 0. The Kier molecular flexibility index (Phi) is 4.44. The minimum absolute atomic E-state index is 0.0654. The SMILES string of the molecule is O=C(c1c(F)cccc1F)N1CCN(CCO)CC1. The third-order valence-corrected chi connectivity index (χ3v) is 3.25. The van der Waals surface area contributed by atoms with Crippen molar-refractivity contribution >= 4 is 5.91 Å². The molecule has 1 fully saturated rings. The number of nitrogens with zero attached hydrogens (tertiary/aromatic N) is 2. The molecule has 1 saturated heterocycles. The third kappa shape index (κ3) is 3.08. The molecule has 19 heavy (non-hydrogen) atoms. The van der Waals surface area contributed by atoms with Gasteiger partial charge in [-0.05, 0) is 12.1 Å². The number of halogens is 2. The lowest BCUT2D eigenvalue weighted by molar-refractivity contribution is 0.0606. The van der Waals surface area contributed by atoms with E-state index in [1.54, 1.807) is 0 Å². The molecule has 6 heteroatoms. The number of aliphatic hydroxyl groups excluding tert-OH is 1. The van der Waals surface area contributed by atoms with Crippen LogP contribution in [0.15, 0.2) is 18.2 Å². The first-order chi connectivity index (χ1) is 9.13. The maximum absolute atomic E-state index is 13.5. The molecule has 1 aliphatic rings. The normalized spacial score (nSPS) is 16.7. The average Bonchev–Trinajstić information content (AvgIpc) is 2.39. The van der Waals surface area contributed by atoms with Gasteiger partial charge in [0.15, 0.2) is 0 Å². The number of aliphatic hydroxyl groups is 1. The summed E-state index contributed by atoms with van der Waals surface area (Å²) in [6.07, 6.45) is 0. The topological polar surface area (TPSA) is 43.8 Å². The van der Waals surface area contributed by atoms with Crippen molar-refractivity contribution in [3.05, 3.63) is 35.4 Å². The molecule has 0 atom stereocenters. The highest BCUT2D eigenvalue weighted by Gasteiger charge is 2.26. The van der Waals surface area contributed by atoms with Crippen LogP contribution in [0, 0.1) is 11.6 Å². The maximum atomic E-state index is 13.5. The molecular weight excluding hydrogens is 254 g/mol. The van der Waals surface area contributed by atoms with Crippen LogP contribution in [0.3, 0.4) is 0 Å². The van der Waals surface area contributed by atoms with E-state index < -0.39 is 23.1 Å². The number of rotatable bonds is 3. The minimum atomic E-state index is -0.831. The van der Waals surface area contributed by atoms with Crippen molar-refractivity contribution in [3.8, 4) is 0 Å². The van der Waals surface area contributed by atoms with E-state index >= 15 is 0 Å². The highest BCUT2D eigenvalue weighted by Crippen LogP contribution is 2.16. The van der Waals surface area contributed by atoms with Crippen LogP contribution in [-0.4, -0.2) is 60.1 Å². The fourth-order valence-corrected chi connectivity index (χ4v) is 2.18.